The molecule has 0 N–H and O–H groups in total. The van der Waals surface area contributed by atoms with Crippen LogP contribution in [-0.2, 0) is 19.0 Å². The van der Waals surface area contributed by atoms with E-state index in [4.69, 9.17) is 14.2 Å². The molecular weight excluding hydrogens is 234 g/mol. The summed E-state index contributed by atoms with van der Waals surface area (Å²) < 4.78 is 16.4. The highest BCUT2D eigenvalue weighted by molar-refractivity contribution is 5.81. The van der Waals surface area contributed by atoms with E-state index < -0.39 is 0 Å². The molecule has 2 heterocycles. The van der Waals surface area contributed by atoms with E-state index >= 15 is 0 Å². The molecule has 0 saturated carbocycles. The van der Waals surface area contributed by atoms with Crippen molar-refractivity contribution in [2.45, 2.75) is 51.0 Å². The van der Waals surface area contributed by atoms with E-state index in [1.54, 1.807) is 7.11 Å². The average Bonchev–Trinajstić information content (AvgIpc) is 2.94. The lowest BCUT2D eigenvalue weighted by molar-refractivity contribution is -0.160. The Bertz CT molecular complexity index is 274. The van der Waals surface area contributed by atoms with Crippen LogP contribution in [0.2, 0.25) is 0 Å². The SMILES string of the molecule is CCC(OC)C(=O)N1CCCCC1C1OCCO1. The van der Waals surface area contributed by atoms with Crippen molar-refractivity contribution in [3.05, 3.63) is 0 Å². The lowest BCUT2D eigenvalue weighted by Gasteiger charge is -2.39. The van der Waals surface area contributed by atoms with E-state index in [-0.39, 0.29) is 24.3 Å². The summed E-state index contributed by atoms with van der Waals surface area (Å²) in [6.07, 6.45) is 3.24. The summed E-state index contributed by atoms with van der Waals surface area (Å²) in [7, 11) is 1.59. The Morgan fingerprint density at radius 2 is 2.11 bits per heavy atom. The fraction of sp³-hybridized carbons (Fsp3) is 0.923. The summed E-state index contributed by atoms with van der Waals surface area (Å²) in [6, 6.07) is 0.0537. The highest BCUT2D eigenvalue weighted by Crippen LogP contribution is 2.25. The van der Waals surface area contributed by atoms with Crippen molar-refractivity contribution in [1.82, 2.24) is 4.90 Å². The van der Waals surface area contributed by atoms with Gasteiger partial charge in [0, 0.05) is 13.7 Å². The van der Waals surface area contributed by atoms with Crippen LogP contribution in [0.5, 0.6) is 0 Å². The molecule has 2 atom stereocenters. The first-order valence-electron chi connectivity index (χ1n) is 6.84. The van der Waals surface area contributed by atoms with Crippen LogP contribution in [0.25, 0.3) is 0 Å². The molecule has 104 valence electrons. The quantitative estimate of drug-likeness (QED) is 0.758. The Morgan fingerprint density at radius 1 is 1.39 bits per heavy atom. The van der Waals surface area contributed by atoms with Gasteiger partial charge in [-0.3, -0.25) is 4.79 Å². The Labute approximate surface area is 108 Å². The fourth-order valence-electron chi connectivity index (χ4n) is 2.74. The van der Waals surface area contributed by atoms with Crippen LogP contribution in [0.4, 0.5) is 0 Å². The van der Waals surface area contributed by atoms with Gasteiger partial charge in [-0.2, -0.15) is 0 Å². The molecule has 0 radical (unpaired) electrons. The third kappa shape index (κ3) is 2.84. The minimum absolute atomic E-state index is 0.0537. The van der Waals surface area contributed by atoms with Gasteiger partial charge in [-0.1, -0.05) is 6.92 Å². The number of amides is 1. The maximum atomic E-state index is 12.4. The van der Waals surface area contributed by atoms with E-state index in [1.165, 1.54) is 0 Å². The fourth-order valence-corrected chi connectivity index (χ4v) is 2.74. The normalized spacial score (nSPS) is 27.4. The predicted molar refractivity (Wildman–Crippen MR) is 66.1 cm³/mol. The zero-order chi connectivity index (χ0) is 13.0. The molecule has 2 fully saturated rings. The molecule has 0 aliphatic carbocycles. The van der Waals surface area contributed by atoms with Crippen LogP contribution in [0.3, 0.4) is 0 Å². The van der Waals surface area contributed by atoms with Crippen molar-refractivity contribution in [3.8, 4) is 0 Å². The summed E-state index contributed by atoms with van der Waals surface area (Å²) in [6.45, 7) is 4.01. The third-order valence-corrected chi connectivity index (χ3v) is 3.72. The van der Waals surface area contributed by atoms with Crippen molar-refractivity contribution < 1.29 is 19.0 Å². The standard InChI is InChI=1S/C13H23NO4/c1-3-11(16-2)12(15)14-7-5-4-6-10(14)13-17-8-9-18-13/h10-11,13H,3-9H2,1-2H3. The first kappa shape index (κ1) is 13.8. The number of ether oxygens (including phenoxy) is 3. The van der Waals surface area contributed by atoms with Crippen LogP contribution in [0, 0.1) is 0 Å². The topological polar surface area (TPSA) is 48.0 Å². The van der Waals surface area contributed by atoms with Crippen molar-refractivity contribution in [2.24, 2.45) is 0 Å². The summed E-state index contributed by atoms with van der Waals surface area (Å²) in [5.41, 5.74) is 0. The van der Waals surface area contributed by atoms with Crippen molar-refractivity contribution in [2.75, 3.05) is 26.9 Å². The molecule has 2 unspecified atom stereocenters. The van der Waals surface area contributed by atoms with E-state index in [0.29, 0.717) is 19.6 Å². The maximum absolute atomic E-state index is 12.4. The second-order valence-corrected chi connectivity index (χ2v) is 4.84. The number of piperidine rings is 1. The number of hydrogen-bond acceptors (Lipinski definition) is 4. The Morgan fingerprint density at radius 3 is 2.72 bits per heavy atom. The highest BCUT2D eigenvalue weighted by atomic mass is 16.7. The smallest absolute Gasteiger partial charge is 0.252 e. The number of rotatable bonds is 4. The molecule has 5 nitrogen and oxygen atoms in total. The molecule has 2 saturated heterocycles. The number of methoxy groups -OCH3 is 1. The van der Waals surface area contributed by atoms with E-state index in [2.05, 4.69) is 0 Å². The molecule has 2 aliphatic heterocycles. The van der Waals surface area contributed by atoms with Gasteiger partial charge in [0.25, 0.3) is 5.91 Å². The van der Waals surface area contributed by atoms with Crippen molar-refractivity contribution in [3.63, 3.8) is 0 Å². The van der Waals surface area contributed by atoms with Crippen LogP contribution in [0.1, 0.15) is 32.6 Å². The number of nitrogens with zero attached hydrogens (tertiary/aromatic N) is 1. The van der Waals surface area contributed by atoms with Crippen LogP contribution in [-0.4, -0.2) is 56.1 Å². The highest BCUT2D eigenvalue weighted by Gasteiger charge is 2.38. The molecule has 0 spiro atoms. The molecule has 2 rings (SSSR count). The van der Waals surface area contributed by atoms with Gasteiger partial charge in [0.05, 0.1) is 19.3 Å². The summed E-state index contributed by atoms with van der Waals surface area (Å²) >= 11 is 0. The summed E-state index contributed by atoms with van der Waals surface area (Å²) in [4.78, 5) is 14.3. The monoisotopic (exact) mass is 257 g/mol. The van der Waals surface area contributed by atoms with E-state index in [9.17, 15) is 4.79 Å². The minimum Gasteiger partial charge on any atom is -0.372 e. The minimum atomic E-state index is -0.341. The zero-order valence-electron chi connectivity index (χ0n) is 11.3. The van der Waals surface area contributed by atoms with Gasteiger partial charge in [-0.25, -0.2) is 0 Å². The summed E-state index contributed by atoms with van der Waals surface area (Å²) in [5, 5.41) is 0. The van der Waals surface area contributed by atoms with Gasteiger partial charge in [-0.15, -0.1) is 0 Å². The number of likely N-dealkylation sites (tertiary alicyclic amines) is 1. The largest absolute Gasteiger partial charge is 0.372 e. The summed E-state index contributed by atoms with van der Waals surface area (Å²) in [5.74, 6) is 0.0730. The number of hydrogen-bond donors (Lipinski definition) is 0. The molecule has 0 bridgehead atoms. The Hall–Kier alpha value is -0.650. The molecule has 5 heteroatoms. The molecular formula is C13H23NO4. The molecule has 2 aliphatic rings. The Balaban J connectivity index is 2.04. The van der Waals surface area contributed by atoms with Gasteiger partial charge in [0.2, 0.25) is 0 Å². The lowest BCUT2D eigenvalue weighted by Crippen LogP contribution is -2.53. The van der Waals surface area contributed by atoms with Crippen LogP contribution < -0.4 is 0 Å². The Kier molecular flexibility index (Phi) is 4.97. The van der Waals surface area contributed by atoms with Gasteiger partial charge < -0.3 is 19.1 Å². The first-order valence-corrected chi connectivity index (χ1v) is 6.84. The second kappa shape index (κ2) is 6.50. The van der Waals surface area contributed by atoms with Gasteiger partial charge in [0.15, 0.2) is 6.29 Å². The van der Waals surface area contributed by atoms with Crippen LogP contribution >= 0.6 is 0 Å². The average molecular weight is 257 g/mol. The van der Waals surface area contributed by atoms with E-state index in [0.717, 1.165) is 25.8 Å². The number of carbonyl (C=O) groups excluding carboxylic acids is 1. The zero-order valence-corrected chi connectivity index (χ0v) is 11.3. The number of carbonyl (C=O) groups is 1. The van der Waals surface area contributed by atoms with E-state index in [1.807, 2.05) is 11.8 Å². The van der Waals surface area contributed by atoms with Crippen LogP contribution in [0.15, 0.2) is 0 Å². The van der Waals surface area contributed by atoms with Gasteiger partial charge in [0.1, 0.15) is 6.10 Å². The van der Waals surface area contributed by atoms with Crippen molar-refractivity contribution in [1.29, 1.82) is 0 Å². The molecule has 0 aromatic rings. The van der Waals surface area contributed by atoms with Gasteiger partial charge >= 0.3 is 0 Å². The first-order chi connectivity index (χ1) is 8.77. The molecule has 0 aromatic heterocycles. The molecule has 18 heavy (non-hydrogen) atoms. The molecule has 1 amide bonds. The molecule has 0 aromatic carbocycles. The van der Waals surface area contributed by atoms with Gasteiger partial charge in [-0.05, 0) is 25.7 Å². The van der Waals surface area contributed by atoms with Crippen molar-refractivity contribution >= 4 is 5.91 Å². The maximum Gasteiger partial charge on any atom is 0.252 e. The lowest BCUT2D eigenvalue weighted by atomic mass is 10.0. The second-order valence-electron chi connectivity index (χ2n) is 4.84. The third-order valence-electron chi connectivity index (χ3n) is 3.72. The predicted octanol–water partition coefficient (Wildman–Crippen LogP) is 1.17.